The van der Waals surface area contributed by atoms with Crippen LogP contribution in [0.4, 0.5) is 0 Å². The van der Waals surface area contributed by atoms with Crippen LogP contribution in [0.25, 0.3) is 0 Å². The van der Waals surface area contributed by atoms with Crippen LogP contribution in [0.15, 0.2) is 52.0 Å². The van der Waals surface area contributed by atoms with Gasteiger partial charge in [-0.1, -0.05) is 28.1 Å². The Morgan fingerprint density at radius 2 is 1.92 bits per heavy atom. The summed E-state index contributed by atoms with van der Waals surface area (Å²) in [4.78, 5) is 0. The molecule has 0 spiro atoms. The summed E-state index contributed by atoms with van der Waals surface area (Å²) in [6, 6.07) is 12.5. The number of hydrogen-bond acceptors (Lipinski definition) is 5. The molecule has 2 aromatic rings. The van der Waals surface area contributed by atoms with Crippen molar-refractivity contribution in [3.8, 4) is 11.5 Å². The smallest absolute Gasteiger partial charge is 0.247 e. The van der Waals surface area contributed by atoms with E-state index in [-0.39, 0.29) is 0 Å². The monoisotopic (exact) mass is 438 g/mol. The van der Waals surface area contributed by atoms with Gasteiger partial charge in [0.25, 0.3) is 0 Å². The molecule has 1 atom stereocenters. The van der Waals surface area contributed by atoms with Crippen molar-refractivity contribution >= 4 is 31.7 Å². The van der Waals surface area contributed by atoms with Crippen LogP contribution in [0.1, 0.15) is 23.6 Å². The lowest BCUT2D eigenvalue weighted by atomic mass is 9.98. The Balaban J connectivity index is 2.08. The van der Waals surface area contributed by atoms with Gasteiger partial charge in [-0.05, 0) is 35.9 Å². The van der Waals surface area contributed by atoms with E-state index in [1.807, 2.05) is 24.3 Å². The number of ether oxygens (including phenoxy) is 2. The molecule has 138 valence electrons. The van der Waals surface area contributed by atoms with Crippen molar-refractivity contribution in [2.45, 2.75) is 12.5 Å². The van der Waals surface area contributed by atoms with Gasteiger partial charge in [-0.15, -0.1) is 0 Å². The fourth-order valence-corrected chi connectivity index (χ4v) is 4.26. The lowest BCUT2D eigenvalue weighted by Crippen LogP contribution is -2.26. The number of hydrazone groups is 1. The maximum absolute atomic E-state index is 12.4. The number of methoxy groups -OCH3 is 2. The first-order chi connectivity index (χ1) is 12.3. The summed E-state index contributed by atoms with van der Waals surface area (Å²) < 4.78 is 37.5. The van der Waals surface area contributed by atoms with E-state index in [4.69, 9.17) is 9.47 Å². The highest BCUT2D eigenvalue weighted by Gasteiger charge is 2.36. The third-order valence-corrected chi connectivity index (χ3v) is 5.68. The molecule has 1 unspecified atom stereocenters. The molecule has 1 aliphatic rings. The summed E-state index contributed by atoms with van der Waals surface area (Å²) in [7, 11) is -0.434. The number of halogens is 1. The molecule has 3 rings (SSSR count). The third-order valence-electron chi connectivity index (χ3n) is 4.17. The molecule has 8 heteroatoms. The van der Waals surface area contributed by atoms with Crippen LogP contribution in [0.2, 0.25) is 0 Å². The van der Waals surface area contributed by atoms with E-state index in [1.165, 1.54) is 0 Å². The van der Waals surface area contributed by atoms with Crippen LogP contribution in [0.5, 0.6) is 11.5 Å². The minimum absolute atomic E-state index is 0.438. The summed E-state index contributed by atoms with van der Waals surface area (Å²) in [6.45, 7) is 0. The second kappa shape index (κ2) is 7.28. The molecule has 0 saturated heterocycles. The minimum Gasteiger partial charge on any atom is -0.497 e. The summed E-state index contributed by atoms with van der Waals surface area (Å²) in [5.41, 5.74) is 2.29. The van der Waals surface area contributed by atoms with E-state index >= 15 is 0 Å². The molecule has 0 bridgehead atoms. The number of benzene rings is 2. The molecule has 0 saturated carbocycles. The first kappa shape index (κ1) is 18.7. The van der Waals surface area contributed by atoms with E-state index < -0.39 is 16.1 Å². The molecule has 26 heavy (non-hydrogen) atoms. The van der Waals surface area contributed by atoms with Crippen LogP contribution >= 0.6 is 15.9 Å². The van der Waals surface area contributed by atoms with Crippen molar-refractivity contribution < 1.29 is 17.9 Å². The predicted molar refractivity (Wildman–Crippen MR) is 104 cm³/mol. The Hall–Kier alpha value is -2.06. The van der Waals surface area contributed by atoms with Crippen molar-refractivity contribution in [3.63, 3.8) is 0 Å². The van der Waals surface area contributed by atoms with Gasteiger partial charge in [0.1, 0.15) is 11.5 Å². The molecule has 0 aromatic heterocycles. The van der Waals surface area contributed by atoms with Gasteiger partial charge < -0.3 is 9.47 Å². The minimum atomic E-state index is -3.56. The zero-order chi connectivity index (χ0) is 18.9. The van der Waals surface area contributed by atoms with E-state index in [9.17, 15) is 8.42 Å². The van der Waals surface area contributed by atoms with Crippen LogP contribution < -0.4 is 9.47 Å². The molecule has 0 fully saturated rings. The lowest BCUT2D eigenvalue weighted by Gasteiger charge is -2.23. The number of hydrogen-bond donors (Lipinski definition) is 0. The standard InChI is InChI=1S/C18H19BrN2O4S/c1-24-14-7-8-18(25-2)15(10-14)17-11-16(20-21(17)26(3,22)23)12-5-4-6-13(19)9-12/h4-10,17H,11H2,1-3H3. The first-order valence-corrected chi connectivity index (χ1v) is 10.5. The Morgan fingerprint density at radius 1 is 1.15 bits per heavy atom. The third kappa shape index (κ3) is 3.71. The second-order valence-corrected chi connectivity index (χ2v) is 8.68. The van der Waals surface area contributed by atoms with Crippen LogP contribution in [0, 0.1) is 0 Å². The van der Waals surface area contributed by atoms with Crippen LogP contribution in [-0.4, -0.2) is 39.0 Å². The van der Waals surface area contributed by atoms with E-state index in [0.717, 1.165) is 20.7 Å². The maximum Gasteiger partial charge on any atom is 0.247 e. The molecule has 0 radical (unpaired) electrons. The Morgan fingerprint density at radius 3 is 2.54 bits per heavy atom. The van der Waals surface area contributed by atoms with Gasteiger partial charge in [0, 0.05) is 16.5 Å². The van der Waals surface area contributed by atoms with E-state index in [2.05, 4.69) is 21.0 Å². The molecule has 0 N–H and O–H groups in total. The summed E-state index contributed by atoms with van der Waals surface area (Å²) >= 11 is 3.44. The average molecular weight is 439 g/mol. The average Bonchev–Trinajstić information content (AvgIpc) is 3.07. The van der Waals surface area contributed by atoms with Crippen molar-refractivity contribution in [1.29, 1.82) is 0 Å². The van der Waals surface area contributed by atoms with Gasteiger partial charge in [0.2, 0.25) is 10.0 Å². The number of rotatable bonds is 5. The van der Waals surface area contributed by atoms with Gasteiger partial charge in [-0.3, -0.25) is 0 Å². The Kier molecular flexibility index (Phi) is 5.24. The van der Waals surface area contributed by atoms with Crippen molar-refractivity contribution in [2.75, 3.05) is 20.5 Å². The quantitative estimate of drug-likeness (QED) is 0.715. The highest BCUT2D eigenvalue weighted by molar-refractivity contribution is 9.10. The summed E-state index contributed by atoms with van der Waals surface area (Å²) in [5, 5.41) is 4.40. The number of nitrogens with zero attached hydrogens (tertiary/aromatic N) is 2. The van der Waals surface area contributed by atoms with Crippen LogP contribution in [-0.2, 0) is 10.0 Å². The largest absolute Gasteiger partial charge is 0.497 e. The molecule has 1 aliphatic heterocycles. The lowest BCUT2D eigenvalue weighted by molar-refractivity contribution is 0.348. The van der Waals surface area contributed by atoms with Gasteiger partial charge in [-0.25, -0.2) is 8.42 Å². The SMILES string of the molecule is COc1ccc(OC)c(C2CC(c3cccc(Br)c3)=NN2S(C)(=O)=O)c1. The molecular formula is C18H19BrN2O4S. The maximum atomic E-state index is 12.4. The second-order valence-electron chi connectivity index (χ2n) is 5.92. The van der Waals surface area contributed by atoms with E-state index in [0.29, 0.717) is 29.2 Å². The highest BCUT2D eigenvalue weighted by Crippen LogP contribution is 2.40. The van der Waals surface area contributed by atoms with Gasteiger partial charge in [-0.2, -0.15) is 9.52 Å². The van der Waals surface area contributed by atoms with Gasteiger partial charge in [0.15, 0.2) is 0 Å². The first-order valence-electron chi connectivity index (χ1n) is 7.88. The molecule has 1 heterocycles. The highest BCUT2D eigenvalue weighted by atomic mass is 79.9. The molecule has 6 nitrogen and oxygen atoms in total. The fourth-order valence-electron chi connectivity index (χ4n) is 2.97. The molecule has 2 aromatic carbocycles. The van der Waals surface area contributed by atoms with E-state index in [1.54, 1.807) is 32.4 Å². The normalized spacial score (nSPS) is 17.2. The van der Waals surface area contributed by atoms with Crippen molar-refractivity contribution in [1.82, 2.24) is 4.41 Å². The summed E-state index contributed by atoms with van der Waals surface area (Å²) in [6.07, 6.45) is 1.59. The Labute approximate surface area is 161 Å². The van der Waals surface area contributed by atoms with Gasteiger partial charge in [0.05, 0.1) is 32.2 Å². The fraction of sp³-hybridized carbons (Fsp3) is 0.278. The van der Waals surface area contributed by atoms with Crippen molar-refractivity contribution in [2.24, 2.45) is 5.10 Å². The van der Waals surface area contributed by atoms with Crippen molar-refractivity contribution in [3.05, 3.63) is 58.1 Å². The topological polar surface area (TPSA) is 68.2 Å². The Bertz CT molecular complexity index is 959. The van der Waals surface area contributed by atoms with Gasteiger partial charge >= 0.3 is 0 Å². The zero-order valence-electron chi connectivity index (χ0n) is 14.6. The molecular weight excluding hydrogens is 420 g/mol. The summed E-state index contributed by atoms with van der Waals surface area (Å²) in [5.74, 6) is 1.22. The number of sulfonamides is 1. The predicted octanol–water partition coefficient (Wildman–Crippen LogP) is 3.58. The zero-order valence-corrected chi connectivity index (χ0v) is 17.0. The molecule has 0 amide bonds. The van der Waals surface area contributed by atoms with Crippen LogP contribution in [0.3, 0.4) is 0 Å². The molecule has 0 aliphatic carbocycles.